The van der Waals surface area contributed by atoms with Crippen LogP contribution in [0.15, 0.2) is 47.1 Å². The molecule has 1 aromatic carbocycles. The molecule has 1 fully saturated rings. The van der Waals surface area contributed by atoms with Gasteiger partial charge in [-0.3, -0.25) is 9.59 Å². The van der Waals surface area contributed by atoms with E-state index in [1.807, 2.05) is 0 Å². The third-order valence-electron chi connectivity index (χ3n) is 3.97. The van der Waals surface area contributed by atoms with Crippen LogP contribution in [-0.4, -0.2) is 36.5 Å². The molecule has 0 radical (unpaired) electrons. The van der Waals surface area contributed by atoms with Crippen LogP contribution in [0.25, 0.3) is 0 Å². The number of furan rings is 1. The minimum Gasteiger partial charge on any atom is -0.467 e. The maximum atomic E-state index is 13.2. The highest BCUT2D eigenvalue weighted by molar-refractivity contribution is 5.86. The molecule has 2 aromatic rings. The minimum absolute atomic E-state index is 0.174. The number of ether oxygens (including phenoxy) is 1. The van der Waals surface area contributed by atoms with Gasteiger partial charge in [0.25, 0.3) is 5.91 Å². The van der Waals surface area contributed by atoms with Gasteiger partial charge in [0.05, 0.1) is 18.8 Å². The van der Waals surface area contributed by atoms with E-state index in [1.54, 1.807) is 31.3 Å². The molecule has 2 heterocycles. The second-order valence-corrected chi connectivity index (χ2v) is 5.53. The number of nitrogens with zero attached hydrogens (tertiary/aromatic N) is 1. The lowest BCUT2D eigenvalue weighted by Gasteiger charge is -2.38. The normalized spacial score (nSPS) is 20.9. The van der Waals surface area contributed by atoms with Gasteiger partial charge in [-0.2, -0.15) is 0 Å². The second-order valence-electron chi connectivity index (χ2n) is 5.53. The molecule has 3 rings (SSSR count). The Morgan fingerprint density at radius 1 is 1.33 bits per heavy atom. The Hall–Kier alpha value is -2.67. The standard InChI is InChI=1S/C17H17FN2O4/c1-20-14(21)10-24-16(15(20)11-4-6-12(18)7-5-11)17(22)19-9-13-3-2-8-23-13/h2-8,15-16H,9-10H2,1H3,(H,19,22)/t15-,16+/m0/s1. The fourth-order valence-electron chi connectivity index (χ4n) is 2.68. The summed E-state index contributed by atoms with van der Waals surface area (Å²) < 4.78 is 23.8. The van der Waals surface area contributed by atoms with E-state index in [0.717, 1.165) is 0 Å². The predicted octanol–water partition coefficient (Wildman–Crippen LogP) is 1.63. The summed E-state index contributed by atoms with van der Waals surface area (Å²) in [5.74, 6) is -0.371. The van der Waals surface area contributed by atoms with Gasteiger partial charge in [-0.05, 0) is 29.8 Å². The molecule has 1 saturated heterocycles. The molecule has 0 saturated carbocycles. The molecule has 7 heteroatoms. The van der Waals surface area contributed by atoms with Crippen molar-refractivity contribution in [1.29, 1.82) is 0 Å². The lowest BCUT2D eigenvalue weighted by Crippen LogP contribution is -2.52. The fraction of sp³-hybridized carbons (Fsp3) is 0.294. The van der Waals surface area contributed by atoms with E-state index in [9.17, 15) is 14.0 Å². The first-order valence-electron chi connectivity index (χ1n) is 7.49. The van der Waals surface area contributed by atoms with Gasteiger partial charge in [0, 0.05) is 7.05 Å². The third kappa shape index (κ3) is 3.30. The molecule has 2 amide bonds. The van der Waals surface area contributed by atoms with Crippen molar-refractivity contribution >= 4 is 11.8 Å². The first-order chi connectivity index (χ1) is 11.6. The quantitative estimate of drug-likeness (QED) is 0.924. The van der Waals surface area contributed by atoms with E-state index in [-0.39, 0.29) is 30.8 Å². The van der Waals surface area contributed by atoms with Gasteiger partial charge < -0.3 is 19.4 Å². The Labute approximate surface area is 138 Å². The highest BCUT2D eigenvalue weighted by Gasteiger charge is 2.39. The number of halogens is 1. The first kappa shape index (κ1) is 16.2. The molecule has 1 aliphatic rings. The molecule has 0 spiro atoms. The lowest BCUT2D eigenvalue weighted by molar-refractivity contribution is -0.162. The van der Waals surface area contributed by atoms with E-state index in [0.29, 0.717) is 11.3 Å². The van der Waals surface area contributed by atoms with Crippen molar-refractivity contribution in [2.75, 3.05) is 13.7 Å². The van der Waals surface area contributed by atoms with Crippen molar-refractivity contribution in [1.82, 2.24) is 10.2 Å². The minimum atomic E-state index is -0.881. The Bertz CT molecular complexity index is 715. The van der Waals surface area contributed by atoms with Crippen LogP contribution in [0, 0.1) is 5.82 Å². The molecule has 24 heavy (non-hydrogen) atoms. The second kappa shape index (κ2) is 6.84. The largest absolute Gasteiger partial charge is 0.467 e. The number of nitrogens with one attached hydrogen (secondary N) is 1. The number of morpholine rings is 1. The summed E-state index contributed by atoms with van der Waals surface area (Å²) in [6.07, 6.45) is 0.639. The smallest absolute Gasteiger partial charge is 0.252 e. The van der Waals surface area contributed by atoms with E-state index >= 15 is 0 Å². The molecule has 6 nitrogen and oxygen atoms in total. The molecule has 0 unspecified atom stereocenters. The summed E-state index contributed by atoms with van der Waals surface area (Å²) >= 11 is 0. The summed E-state index contributed by atoms with van der Waals surface area (Å²) in [5.41, 5.74) is 0.630. The highest BCUT2D eigenvalue weighted by atomic mass is 19.1. The molecule has 1 aromatic heterocycles. The lowest BCUT2D eigenvalue weighted by atomic mass is 9.97. The maximum Gasteiger partial charge on any atom is 0.252 e. The van der Waals surface area contributed by atoms with Crippen LogP contribution in [0.5, 0.6) is 0 Å². The van der Waals surface area contributed by atoms with Gasteiger partial charge >= 0.3 is 0 Å². The molecule has 1 aliphatic heterocycles. The number of carbonyl (C=O) groups is 2. The van der Waals surface area contributed by atoms with Crippen molar-refractivity contribution in [2.45, 2.75) is 18.7 Å². The fourth-order valence-corrected chi connectivity index (χ4v) is 2.68. The van der Waals surface area contributed by atoms with E-state index in [1.165, 1.54) is 23.3 Å². The van der Waals surface area contributed by atoms with Crippen LogP contribution in [0.2, 0.25) is 0 Å². The monoisotopic (exact) mass is 332 g/mol. The SMILES string of the molecule is CN1C(=O)CO[C@@H](C(=O)NCc2ccco2)[C@@H]1c1ccc(F)cc1. The number of hydrogen-bond acceptors (Lipinski definition) is 4. The molecule has 2 atom stereocenters. The number of amides is 2. The average Bonchev–Trinajstić information content (AvgIpc) is 3.09. The Kier molecular flexibility index (Phi) is 4.61. The third-order valence-corrected chi connectivity index (χ3v) is 3.97. The van der Waals surface area contributed by atoms with Crippen LogP contribution >= 0.6 is 0 Å². The van der Waals surface area contributed by atoms with Gasteiger partial charge in [0.15, 0.2) is 6.10 Å². The maximum absolute atomic E-state index is 13.2. The zero-order valence-corrected chi connectivity index (χ0v) is 13.1. The van der Waals surface area contributed by atoms with E-state index in [2.05, 4.69) is 5.32 Å². The molecule has 126 valence electrons. The Balaban J connectivity index is 1.79. The van der Waals surface area contributed by atoms with Gasteiger partial charge in [0.1, 0.15) is 18.2 Å². The van der Waals surface area contributed by atoms with Crippen LogP contribution in [0.1, 0.15) is 17.4 Å². The van der Waals surface area contributed by atoms with Crippen LogP contribution in [0.4, 0.5) is 4.39 Å². The summed E-state index contributed by atoms with van der Waals surface area (Å²) in [6, 6.07) is 8.53. The van der Waals surface area contributed by atoms with Gasteiger partial charge in [-0.25, -0.2) is 4.39 Å². The van der Waals surface area contributed by atoms with Crippen molar-refractivity contribution in [3.05, 3.63) is 59.8 Å². The van der Waals surface area contributed by atoms with Crippen molar-refractivity contribution < 1.29 is 23.1 Å². The number of benzene rings is 1. The molecule has 0 bridgehead atoms. The summed E-state index contributed by atoms with van der Waals surface area (Å²) in [4.78, 5) is 25.9. The first-order valence-corrected chi connectivity index (χ1v) is 7.49. The number of rotatable bonds is 4. The number of likely N-dealkylation sites (N-methyl/N-ethyl adjacent to an activating group) is 1. The average molecular weight is 332 g/mol. The van der Waals surface area contributed by atoms with Crippen LogP contribution in [-0.2, 0) is 20.9 Å². The van der Waals surface area contributed by atoms with Crippen molar-refractivity contribution in [2.24, 2.45) is 0 Å². The van der Waals surface area contributed by atoms with Gasteiger partial charge in [0.2, 0.25) is 5.91 Å². The van der Waals surface area contributed by atoms with Crippen LogP contribution in [0.3, 0.4) is 0 Å². The summed E-state index contributed by atoms with van der Waals surface area (Å²) in [7, 11) is 1.60. The van der Waals surface area contributed by atoms with Crippen molar-refractivity contribution in [3.8, 4) is 0 Å². The van der Waals surface area contributed by atoms with E-state index < -0.39 is 12.1 Å². The van der Waals surface area contributed by atoms with E-state index in [4.69, 9.17) is 9.15 Å². The molecule has 1 N–H and O–H groups in total. The topological polar surface area (TPSA) is 71.8 Å². The van der Waals surface area contributed by atoms with Crippen LogP contribution < -0.4 is 5.32 Å². The van der Waals surface area contributed by atoms with Gasteiger partial charge in [-0.15, -0.1) is 0 Å². The molecular formula is C17H17FN2O4. The molecular weight excluding hydrogens is 315 g/mol. The van der Waals surface area contributed by atoms with Gasteiger partial charge in [-0.1, -0.05) is 12.1 Å². The Morgan fingerprint density at radius 2 is 2.08 bits per heavy atom. The van der Waals surface area contributed by atoms with Crippen molar-refractivity contribution in [3.63, 3.8) is 0 Å². The Morgan fingerprint density at radius 3 is 2.75 bits per heavy atom. The highest BCUT2D eigenvalue weighted by Crippen LogP contribution is 2.29. The number of hydrogen-bond donors (Lipinski definition) is 1. The summed E-state index contributed by atoms with van der Waals surface area (Å²) in [6.45, 7) is 0.0481. The zero-order valence-electron chi connectivity index (χ0n) is 13.1. The zero-order chi connectivity index (χ0) is 17.1. The number of carbonyl (C=O) groups excluding carboxylic acids is 2. The molecule has 0 aliphatic carbocycles. The summed E-state index contributed by atoms with van der Waals surface area (Å²) in [5, 5.41) is 2.73. The predicted molar refractivity (Wildman–Crippen MR) is 82.2 cm³/mol.